The van der Waals surface area contributed by atoms with Gasteiger partial charge < -0.3 is 14.3 Å². The highest BCUT2D eigenvalue weighted by molar-refractivity contribution is 5.88. The van der Waals surface area contributed by atoms with Crippen LogP contribution in [0.15, 0.2) is 10.6 Å². The quantitative estimate of drug-likeness (QED) is 0.932. The van der Waals surface area contributed by atoms with Crippen molar-refractivity contribution < 1.29 is 9.32 Å². The van der Waals surface area contributed by atoms with Crippen molar-refractivity contribution in [2.45, 2.75) is 39.0 Å². The second kappa shape index (κ2) is 6.69. The van der Waals surface area contributed by atoms with Crippen LogP contribution in [0.4, 0.5) is 10.6 Å². The van der Waals surface area contributed by atoms with Gasteiger partial charge in [-0.25, -0.2) is 4.79 Å². The van der Waals surface area contributed by atoms with E-state index in [1.807, 2.05) is 27.8 Å². The number of urea groups is 1. The van der Waals surface area contributed by atoms with E-state index in [0.717, 1.165) is 25.4 Å². The number of hydrogen-bond donors (Lipinski definition) is 1. The molecule has 2 amide bonds. The molecule has 0 spiro atoms. The number of likely N-dealkylation sites (tertiary alicyclic amines) is 1. The summed E-state index contributed by atoms with van der Waals surface area (Å²) in [4.78, 5) is 16.3. The molecule has 0 saturated carbocycles. The summed E-state index contributed by atoms with van der Waals surface area (Å²) in [7, 11) is 3.96. The molecule has 2 rings (SSSR count). The summed E-state index contributed by atoms with van der Waals surface area (Å²) >= 11 is 0. The number of nitrogens with zero attached hydrogens (tertiary/aromatic N) is 3. The van der Waals surface area contributed by atoms with Crippen LogP contribution in [0.5, 0.6) is 0 Å². The van der Waals surface area contributed by atoms with Gasteiger partial charge in [0, 0.05) is 31.6 Å². The van der Waals surface area contributed by atoms with Crippen molar-refractivity contribution in [3.8, 4) is 0 Å². The summed E-state index contributed by atoms with van der Waals surface area (Å²) in [6.07, 6.45) is 2.38. The molecule has 1 aliphatic rings. The van der Waals surface area contributed by atoms with Gasteiger partial charge >= 0.3 is 6.03 Å². The Hall–Kier alpha value is -1.56. The summed E-state index contributed by atoms with van der Waals surface area (Å²) in [5.41, 5.74) is -0.117. The third kappa shape index (κ3) is 4.47. The van der Waals surface area contributed by atoms with Crippen LogP contribution in [-0.2, 0) is 5.41 Å². The summed E-state index contributed by atoms with van der Waals surface area (Å²) in [5.74, 6) is 1.78. The molecule has 0 radical (unpaired) electrons. The fraction of sp³-hybridized carbons (Fsp3) is 0.750. The Balaban J connectivity index is 1.87. The summed E-state index contributed by atoms with van der Waals surface area (Å²) in [6.45, 7) is 9.11. The van der Waals surface area contributed by atoms with E-state index in [9.17, 15) is 4.79 Å². The fourth-order valence-corrected chi connectivity index (χ4v) is 2.79. The molecule has 1 atom stereocenters. The lowest BCUT2D eigenvalue weighted by Gasteiger charge is -2.32. The summed E-state index contributed by atoms with van der Waals surface area (Å²) < 4.78 is 5.28. The first-order valence-electron chi connectivity index (χ1n) is 7.93. The Morgan fingerprint density at radius 2 is 2.27 bits per heavy atom. The second-order valence-electron chi connectivity index (χ2n) is 7.41. The first kappa shape index (κ1) is 16.8. The SMILES string of the molecule is CN1CCC[C@@H](CN(C)C(=O)Nc2cc(C(C)(C)C)on2)C1. The zero-order chi connectivity index (χ0) is 16.3. The van der Waals surface area contributed by atoms with Crippen LogP contribution < -0.4 is 5.32 Å². The van der Waals surface area contributed by atoms with E-state index in [0.29, 0.717) is 11.7 Å². The maximum atomic E-state index is 12.2. The predicted octanol–water partition coefficient (Wildman–Crippen LogP) is 2.78. The zero-order valence-corrected chi connectivity index (χ0v) is 14.3. The van der Waals surface area contributed by atoms with Crippen LogP contribution in [0.2, 0.25) is 0 Å². The number of nitrogens with one attached hydrogen (secondary N) is 1. The molecule has 0 aromatic carbocycles. The number of amides is 2. The highest BCUT2D eigenvalue weighted by Crippen LogP contribution is 2.24. The number of aromatic nitrogens is 1. The number of carbonyl (C=O) groups excluding carboxylic acids is 1. The van der Waals surface area contributed by atoms with Crippen molar-refractivity contribution in [3.63, 3.8) is 0 Å². The maximum Gasteiger partial charge on any atom is 0.322 e. The minimum Gasteiger partial charge on any atom is -0.359 e. The van der Waals surface area contributed by atoms with Crippen LogP contribution in [0, 0.1) is 5.92 Å². The molecular formula is C16H28N4O2. The Morgan fingerprint density at radius 3 is 2.86 bits per heavy atom. The summed E-state index contributed by atoms with van der Waals surface area (Å²) in [5, 5.41) is 6.73. The van der Waals surface area contributed by atoms with Crippen LogP contribution >= 0.6 is 0 Å². The Labute approximate surface area is 132 Å². The molecule has 6 heteroatoms. The van der Waals surface area contributed by atoms with E-state index in [2.05, 4.69) is 22.4 Å². The third-order valence-corrected chi connectivity index (χ3v) is 4.09. The van der Waals surface area contributed by atoms with Gasteiger partial charge in [-0.1, -0.05) is 25.9 Å². The van der Waals surface area contributed by atoms with Gasteiger partial charge in [-0.15, -0.1) is 0 Å². The standard InChI is InChI=1S/C16H28N4O2/c1-16(2,3)13-9-14(18-22-13)17-15(21)20(5)11-12-7-6-8-19(4)10-12/h9,12H,6-8,10-11H2,1-5H3,(H,17,18,21)/t12-/m1/s1. The lowest BCUT2D eigenvalue weighted by atomic mass is 9.93. The molecule has 124 valence electrons. The summed E-state index contributed by atoms with van der Waals surface area (Å²) in [6, 6.07) is 1.65. The first-order chi connectivity index (χ1) is 10.3. The normalized spacial score (nSPS) is 20.0. The lowest BCUT2D eigenvalue weighted by Crippen LogP contribution is -2.41. The highest BCUT2D eigenvalue weighted by Gasteiger charge is 2.23. The van der Waals surface area contributed by atoms with E-state index >= 15 is 0 Å². The predicted molar refractivity (Wildman–Crippen MR) is 87.1 cm³/mol. The van der Waals surface area contributed by atoms with E-state index in [4.69, 9.17) is 4.52 Å². The van der Waals surface area contributed by atoms with E-state index in [-0.39, 0.29) is 11.4 Å². The van der Waals surface area contributed by atoms with Crippen molar-refractivity contribution >= 4 is 11.8 Å². The van der Waals surface area contributed by atoms with Crippen LogP contribution in [0.3, 0.4) is 0 Å². The monoisotopic (exact) mass is 308 g/mol. The van der Waals surface area contributed by atoms with Crippen LogP contribution in [0.1, 0.15) is 39.4 Å². The van der Waals surface area contributed by atoms with Gasteiger partial charge in [-0.3, -0.25) is 5.32 Å². The van der Waals surface area contributed by atoms with Crippen molar-refractivity contribution in [2.24, 2.45) is 5.92 Å². The molecule has 0 unspecified atom stereocenters. The number of piperidine rings is 1. The van der Waals surface area contributed by atoms with Gasteiger partial charge in [0.2, 0.25) is 0 Å². The Kier molecular flexibility index (Phi) is 5.11. The van der Waals surface area contributed by atoms with Gasteiger partial charge in [0.05, 0.1) is 0 Å². The molecule has 1 fully saturated rings. The lowest BCUT2D eigenvalue weighted by molar-refractivity contribution is 0.169. The molecule has 1 N–H and O–H groups in total. The van der Waals surface area contributed by atoms with Crippen LogP contribution in [-0.4, -0.2) is 54.7 Å². The average Bonchev–Trinajstić information content (AvgIpc) is 2.87. The molecule has 1 aliphatic heterocycles. The smallest absolute Gasteiger partial charge is 0.322 e. The van der Waals surface area contributed by atoms with Crippen LogP contribution in [0.25, 0.3) is 0 Å². The van der Waals surface area contributed by atoms with Gasteiger partial charge in [0.15, 0.2) is 5.82 Å². The molecule has 0 bridgehead atoms. The van der Waals surface area contributed by atoms with Crippen molar-refractivity contribution in [1.82, 2.24) is 15.0 Å². The number of rotatable bonds is 3. The molecule has 1 aromatic heterocycles. The minimum atomic E-state index is -0.137. The zero-order valence-electron chi connectivity index (χ0n) is 14.3. The van der Waals surface area contributed by atoms with Gasteiger partial charge in [0.25, 0.3) is 0 Å². The van der Waals surface area contributed by atoms with Crippen molar-refractivity contribution in [3.05, 3.63) is 11.8 Å². The molecule has 2 heterocycles. The van der Waals surface area contributed by atoms with E-state index in [1.165, 1.54) is 12.8 Å². The molecular weight excluding hydrogens is 280 g/mol. The molecule has 22 heavy (non-hydrogen) atoms. The second-order valence-corrected chi connectivity index (χ2v) is 7.41. The highest BCUT2D eigenvalue weighted by atomic mass is 16.5. The third-order valence-electron chi connectivity index (χ3n) is 4.09. The van der Waals surface area contributed by atoms with Gasteiger partial charge in [-0.2, -0.15) is 0 Å². The van der Waals surface area contributed by atoms with Gasteiger partial charge in [0.1, 0.15) is 5.76 Å². The average molecular weight is 308 g/mol. The minimum absolute atomic E-state index is 0.117. The molecule has 6 nitrogen and oxygen atoms in total. The topological polar surface area (TPSA) is 61.6 Å². The Morgan fingerprint density at radius 1 is 1.55 bits per heavy atom. The van der Waals surface area contributed by atoms with Gasteiger partial charge in [-0.05, 0) is 32.4 Å². The first-order valence-corrected chi connectivity index (χ1v) is 7.93. The largest absolute Gasteiger partial charge is 0.359 e. The van der Waals surface area contributed by atoms with Crippen molar-refractivity contribution in [2.75, 3.05) is 39.0 Å². The van der Waals surface area contributed by atoms with Crippen molar-refractivity contribution in [1.29, 1.82) is 0 Å². The number of anilines is 1. The Bertz CT molecular complexity index is 506. The number of carbonyl (C=O) groups is 1. The maximum absolute atomic E-state index is 12.2. The molecule has 0 aliphatic carbocycles. The van der Waals surface area contributed by atoms with E-state index in [1.54, 1.807) is 11.0 Å². The van der Waals surface area contributed by atoms with E-state index < -0.39 is 0 Å². The molecule has 1 saturated heterocycles. The molecule has 1 aromatic rings. The number of hydrogen-bond acceptors (Lipinski definition) is 4. The fourth-order valence-electron chi connectivity index (χ4n) is 2.79.